The minimum Gasteiger partial charge on any atom is -0.361 e. The van der Waals surface area contributed by atoms with Gasteiger partial charge < -0.3 is 4.74 Å². The zero-order chi connectivity index (χ0) is 22.2. The van der Waals surface area contributed by atoms with Crippen LogP contribution in [0.1, 0.15) is 11.1 Å². The highest BCUT2D eigenvalue weighted by Gasteiger charge is 2.17. The maximum Gasteiger partial charge on any atom is 0.263 e. The van der Waals surface area contributed by atoms with E-state index in [-0.39, 0.29) is 12.3 Å². The molecule has 4 rings (SSSR count). The van der Waals surface area contributed by atoms with Gasteiger partial charge in [0.05, 0.1) is 15.6 Å². The van der Waals surface area contributed by atoms with Gasteiger partial charge in [-0.25, -0.2) is 4.98 Å². The van der Waals surface area contributed by atoms with Crippen molar-refractivity contribution in [1.82, 2.24) is 14.5 Å². The minimum atomic E-state index is -1.22. The minimum absolute atomic E-state index is 0.119. The second kappa shape index (κ2) is 8.49. The number of thiophene rings is 1. The summed E-state index contributed by atoms with van der Waals surface area (Å²) < 4.78 is 8.68. The molecule has 0 fully saturated rings. The first-order chi connectivity index (χ1) is 14.8. The van der Waals surface area contributed by atoms with E-state index in [1.165, 1.54) is 0 Å². The van der Waals surface area contributed by atoms with Gasteiger partial charge in [0.25, 0.3) is 5.56 Å². The van der Waals surface area contributed by atoms with Crippen molar-refractivity contribution in [3.05, 3.63) is 63.9 Å². The summed E-state index contributed by atoms with van der Waals surface area (Å²) in [6, 6.07) is 8.93. The topological polar surface area (TPSA) is 57.0 Å². The van der Waals surface area contributed by atoms with Gasteiger partial charge in [0.1, 0.15) is 12.4 Å². The molecule has 0 N–H and O–H groups in total. The molecule has 7 heteroatoms. The average molecular weight is 450 g/mol. The van der Waals surface area contributed by atoms with Crippen LogP contribution in [0.2, 0.25) is 25.7 Å². The highest BCUT2D eigenvalue weighted by atomic mass is 32.1. The van der Waals surface area contributed by atoms with E-state index in [4.69, 9.17) is 9.72 Å². The second-order valence-corrected chi connectivity index (χ2v) is 15.6. The Morgan fingerprint density at radius 1 is 1.26 bits per heavy atom. The first kappa shape index (κ1) is 21.6. The Bertz CT molecular complexity index is 1330. The number of pyridine rings is 1. The van der Waals surface area contributed by atoms with Gasteiger partial charge in [-0.2, -0.15) is 0 Å². The largest absolute Gasteiger partial charge is 0.361 e. The van der Waals surface area contributed by atoms with Gasteiger partial charge in [0.2, 0.25) is 0 Å². The van der Waals surface area contributed by atoms with Gasteiger partial charge in [-0.15, -0.1) is 11.3 Å². The van der Waals surface area contributed by atoms with Gasteiger partial charge in [0, 0.05) is 20.9 Å². The van der Waals surface area contributed by atoms with Crippen LogP contribution < -0.4 is 5.56 Å². The lowest BCUT2D eigenvalue weighted by Gasteiger charge is -2.18. The third kappa shape index (κ3) is 4.53. The lowest BCUT2D eigenvalue weighted by Crippen LogP contribution is -2.27. The van der Waals surface area contributed by atoms with Crippen LogP contribution in [-0.2, 0) is 11.5 Å². The zero-order valence-corrected chi connectivity index (χ0v) is 20.3. The average Bonchev–Trinajstić information content (AvgIpc) is 3.19. The van der Waals surface area contributed by atoms with Crippen LogP contribution in [0.4, 0.5) is 0 Å². The van der Waals surface area contributed by atoms with Crippen molar-refractivity contribution >= 4 is 46.5 Å². The number of ether oxygens (including phenoxy) is 1. The van der Waals surface area contributed by atoms with Gasteiger partial charge in [0.15, 0.2) is 5.82 Å². The molecule has 0 spiro atoms. The molecule has 160 valence electrons. The van der Waals surface area contributed by atoms with Crippen LogP contribution in [0, 0.1) is 6.92 Å². The smallest absolute Gasteiger partial charge is 0.263 e. The third-order valence-electron chi connectivity index (χ3n) is 5.29. The van der Waals surface area contributed by atoms with Crippen molar-refractivity contribution in [2.45, 2.75) is 39.3 Å². The lowest BCUT2D eigenvalue weighted by molar-refractivity contribution is 0.0856. The first-order valence-corrected chi connectivity index (χ1v) is 14.9. The molecule has 0 aliphatic rings. The molecule has 0 amide bonds. The van der Waals surface area contributed by atoms with Crippen LogP contribution in [0.15, 0.2) is 47.2 Å². The standard InChI is InChI=1S/C24H27N3O2SSi/c1-6-17-11-16(2)22-19(12-17)24(28)27(15-29-8-10-31(3,4)5)23(26-22)20-13-18-7-9-30-21(18)14-25-20/h6-7,9,11-14H,1,8,10,15H2,2-5H3. The fraction of sp³-hybridized carbons (Fsp3) is 0.292. The van der Waals surface area contributed by atoms with E-state index in [1.807, 2.05) is 36.7 Å². The van der Waals surface area contributed by atoms with Gasteiger partial charge in [-0.1, -0.05) is 32.3 Å². The third-order valence-corrected chi connectivity index (χ3v) is 7.86. The molecule has 3 heterocycles. The van der Waals surface area contributed by atoms with Gasteiger partial charge >= 0.3 is 0 Å². The highest BCUT2D eigenvalue weighted by molar-refractivity contribution is 7.17. The molecule has 1 aromatic carbocycles. The van der Waals surface area contributed by atoms with E-state index in [1.54, 1.807) is 22.0 Å². The van der Waals surface area contributed by atoms with Crippen LogP contribution >= 0.6 is 11.3 Å². The van der Waals surface area contributed by atoms with Crippen molar-refractivity contribution in [2.24, 2.45) is 0 Å². The number of nitrogens with zero attached hydrogens (tertiary/aromatic N) is 3. The molecule has 0 radical (unpaired) electrons. The van der Waals surface area contributed by atoms with E-state index in [9.17, 15) is 4.79 Å². The number of hydrogen-bond acceptors (Lipinski definition) is 5. The quantitative estimate of drug-likeness (QED) is 0.259. The van der Waals surface area contributed by atoms with E-state index in [0.29, 0.717) is 29.0 Å². The molecule has 5 nitrogen and oxygen atoms in total. The summed E-state index contributed by atoms with van der Waals surface area (Å²) in [5.74, 6) is 0.535. The van der Waals surface area contributed by atoms with Gasteiger partial charge in [-0.05, 0) is 59.1 Å². The van der Waals surface area contributed by atoms with E-state index >= 15 is 0 Å². The second-order valence-electron chi connectivity index (χ2n) is 8.98. The Morgan fingerprint density at radius 3 is 2.81 bits per heavy atom. The predicted molar refractivity (Wildman–Crippen MR) is 134 cm³/mol. The Balaban J connectivity index is 1.86. The Hall–Kier alpha value is -2.61. The summed E-state index contributed by atoms with van der Waals surface area (Å²) in [4.78, 5) is 23.0. The summed E-state index contributed by atoms with van der Waals surface area (Å²) in [5, 5.41) is 3.70. The summed E-state index contributed by atoms with van der Waals surface area (Å²) in [7, 11) is -1.22. The van der Waals surface area contributed by atoms with E-state index in [0.717, 1.165) is 27.3 Å². The number of rotatable bonds is 7. The number of benzene rings is 1. The molecular weight excluding hydrogens is 422 g/mol. The van der Waals surface area contributed by atoms with E-state index in [2.05, 4.69) is 37.3 Å². The summed E-state index contributed by atoms with van der Waals surface area (Å²) in [6.45, 7) is 13.5. The van der Waals surface area contributed by atoms with Crippen LogP contribution in [0.5, 0.6) is 0 Å². The summed E-state index contributed by atoms with van der Waals surface area (Å²) >= 11 is 1.65. The SMILES string of the molecule is C=Cc1cc(C)c2nc(-c3cc4ccsc4cn3)n(COCC[Si](C)(C)C)c(=O)c2c1. The number of aromatic nitrogens is 3. The monoisotopic (exact) mass is 449 g/mol. The van der Waals surface area contributed by atoms with Crippen LogP contribution in [0.25, 0.3) is 38.6 Å². The molecule has 3 aromatic heterocycles. The van der Waals surface area contributed by atoms with Gasteiger partial charge in [-0.3, -0.25) is 14.3 Å². The normalized spacial score (nSPS) is 12.0. The van der Waals surface area contributed by atoms with Crippen molar-refractivity contribution in [3.8, 4) is 11.5 Å². The highest BCUT2D eigenvalue weighted by Crippen LogP contribution is 2.26. The molecule has 0 saturated heterocycles. The predicted octanol–water partition coefficient (Wildman–Crippen LogP) is 5.94. The maximum absolute atomic E-state index is 13.5. The Morgan fingerprint density at radius 2 is 2.06 bits per heavy atom. The molecule has 0 atom stereocenters. The van der Waals surface area contributed by atoms with Crippen LogP contribution in [-0.4, -0.2) is 29.2 Å². The number of aryl methyl sites for hydroxylation is 1. The van der Waals surface area contributed by atoms with Crippen molar-refractivity contribution < 1.29 is 4.74 Å². The van der Waals surface area contributed by atoms with Crippen molar-refractivity contribution in [2.75, 3.05) is 6.61 Å². The number of fused-ring (bicyclic) bond motifs is 2. The first-order valence-electron chi connectivity index (χ1n) is 10.4. The molecule has 0 aliphatic heterocycles. The van der Waals surface area contributed by atoms with Crippen LogP contribution in [0.3, 0.4) is 0 Å². The molecule has 0 unspecified atom stereocenters. The molecule has 0 aliphatic carbocycles. The Labute approximate surface area is 187 Å². The maximum atomic E-state index is 13.5. The van der Waals surface area contributed by atoms with E-state index < -0.39 is 8.07 Å². The number of hydrogen-bond donors (Lipinski definition) is 0. The fourth-order valence-electron chi connectivity index (χ4n) is 3.48. The molecule has 0 saturated carbocycles. The molecule has 31 heavy (non-hydrogen) atoms. The summed E-state index contributed by atoms with van der Waals surface area (Å²) in [6.07, 6.45) is 3.59. The summed E-state index contributed by atoms with van der Waals surface area (Å²) in [5.41, 5.74) is 3.09. The molecule has 0 bridgehead atoms. The molecule has 4 aromatic rings. The Kier molecular flexibility index (Phi) is 5.92. The van der Waals surface area contributed by atoms with Crippen molar-refractivity contribution in [3.63, 3.8) is 0 Å². The zero-order valence-electron chi connectivity index (χ0n) is 18.4. The fourth-order valence-corrected chi connectivity index (χ4v) is 4.98. The lowest BCUT2D eigenvalue weighted by atomic mass is 10.1. The van der Waals surface area contributed by atoms with Crippen molar-refractivity contribution in [1.29, 1.82) is 0 Å². The molecular formula is C24H27N3O2SSi.